The summed E-state index contributed by atoms with van der Waals surface area (Å²) in [5.74, 6) is 0. The van der Waals surface area contributed by atoms with Crippen LogP contribution in [-0.4, -0.2) is 35.0 Å². The molecule has 0 radical (unpaired) electrons. The predicted molar refractivity (Wildman–Crippen MR) is 38.4 cm³/mol. The fourth-order valence-electron chi connectivity index (χ4n) is 0.802. The van der Waals surface area contributed by atoms with Gasteiger partial charge in [-0.2, -0.15) is 5.11 Å². The SMILES string of the molecule is CN([O-])N=NC1C(O)C1(C)N. The van der Waals surface area contributed by atoms with Crippen molar-refractivity contribution in [1.82, 2.24) is 5.17 Å². The van der Waals surface area contributed by atoms with E-state index in [4.69, 9.17) is 10.8 Å². The summed E-state index contributed by atoms with van der Waals surface area (Å²) < 4.78 is 0. The number of nitrogens with zero attached hydrogens (tertiary/aromatic N) is 3. The third kappa shape index (κ3) is 1.47. The van der Waals surface area contributed by atoms with Gasteiger partial charge in [0.2, 0.25) is 0 Å². The van der Waals surface area contributed by atoms with Crippen LogP contribution in [0.25, 0.3) is 0 Å². The lowest BCUT2D eigenvalue weighted by Gasteiger charge is -2.14. The Bertz CT molecular complexity index is 179. The van der Waals surface area contributed by atoms with Gasteiger partial charge >= 0.3 is 0 Å². The maximum absolute atomic E-state index is 10.2. The standard InChI is InChI=1S/C5H11N4O2/c1-5(6)3(4(5)10)7-8-9(2)11/h3-4,10H,6H2,1-2H3/q-1. The largest absolute Gasteiger partial charge is 0.741 e. The van der Waals surface area contributed by atoms with Crippen molar-refractivity contribution in [1.29, 1.82) is 0 Å². The molecule has 0 heterocycles. The molecule has 11 heavy (non-hydrogen) atoms. The van der Waals surface area contributed by atoms with Crippen LogP contribution in [0.3, 0.4) is 0 Å². The Hall–Kier alpha value is -0.720. The zero-order valence-electron chi connectivity index (χ0n) is 6.43. The van der Waals surface area contributed by atoms with Crippen LogP contribution in [0.15, 0.2) is 10.3 Å². The van der Waals surface area contributed by atoms with Crippen molar-refractivity contribution < 1.29 is 5.11 Å². The summed E-state index contributed by atoms with van der Waals surface area (Å²) in [7, 11) is 1.21. The number of aliphatic hydroxyl groups is 1. The maximum atomic E-state index is 10.2. The first-order chi connectivity index (χ1) is 4.96. The van der Waals surface area contributed by atoms with Gasteiger partial charge in [0, 0.05) is 7.05 Å². The topological polar surface area (TPSA) is 97.3 Å². The van der Waals surface area contributed by atoms with Gasteiger partial charge in [0.05, 0.1) is 5.54 Å². The molecule has 0 amide bonds. The highest BCUT2D eigenvalue weighted by atomic mass is 16.5. The Balaban J connectivity index is 2.43. The Morgan fingerprint density at radius 2 is 2.18 bits per heavy atom. The van der Waals surface area contributed by atoms with Gasteiger partial charge in [-0.3, -0.25) is 0 Å². The molecule has 3 atom stereocenters. The average Bonchev–Trinajstić information content (AvgIpc) is 2.30. The smallest absolute Gasteiger partial charge is 0.121 e. The quantitative estimate of drug-likeness (QED) is 0.409. The van der Waals surface area contributed by atoms with Gasteiger partial charge in [0.25, 0.3) is 0 Å². The van der Waals surface area contributed by atoms with Crippen LogP contribution in [-0.2, 0) is 0 Å². The highest BCUT2D eigenvalue weighted by Crippen LogP contribution is 2.36. The molecule has 1 saturated carbocycles. The predicted octanol–water partition coefficient (Wildman–Crippen LogP) is -0.756. The molecule has 1 aliphatic carbocycles. The first-order valence-electron chi connectivity index (χ1n) is 3.25. The normalized spacial score (nSPS) is 43.0. The molecule has 6 heteroatoms. The maximum Gasteiger partial charge on any atom is 0.121 e. The lowest BCUT2D eigenvalue weighted by Crippen LogP contribution is -2.24. The molecule has 1 rings (SSSR count). The molecule has 0 spiro atoms. The number of rotatable bonds is 2. The third-order valence-corrected chi connectivity index (χ3v) is 1.77. The molecule has 3 unspecified atom stereocenters. The van der Waals surface area contributed by atoms with Crippen molar-refractivity contribution in [3.63, 3.8) is 0 Å². The molecule has 0 aromatic rings. The van der Waals surface area contributed by atoms with Crippen molar-refractivity contribution in [3.8, 4) is 0 Å². The van der Waals surface area contributed by atoms with Crippen LogP contribution in [0.4, 0.5) is 0 Å². The fraction of sp³-hybridized carbons (Fsp3) is 1.00. The Morgan fingerprint density at radius 1 is 1.73 bits per heavy atom. The van der Waals surface area contributed by atoms with Crippen molar-refractivity contribution in [2.45, 2.75) is 24.6 Å². The Labute approximate surface area is 64.3 Å². The second-order valence-electron chi connectivity index (χ2n) is 2.92. The summed E-state index contributed by atoms with van der Waals surface area (Å²) in [5, 5.41) is 26.3. The van der Waals surface area contributed by atoms with E-state index >= 15 is 0 Å². The monoisotopic (exact) mass is 159 g/mol. The number of hydrogen-bond donors (Lipinski definition) is 2. The lowest BCUT2D eigenvalue weighted by atomic mass is 10.3. The number of aliphatic hydroxyl groups excluding tert-OH is 1. The van der Waals surface area contributed by atoms with Gasteiger partial charge in [0.1, 0.15) is 12.1 Å². The van der Waals surface area contributed by atoms with E-state index in [0.29, 0.717) is 5.17 Å². The number of hydrogen-bond acceptors (Lipinski definition) is 5. The van der Waals surface area contributed by atoms with E-state index in [2.05, 4.69) is 10.3 Å². The van der Waals surface area contributed by atoms with E-state index in [-0.39, 0.29) is 0 Å². The Morgan fingerprint density at radius 3 is 2.45 bits per heavy atom. The van der Waals surface area contributed by atoms with Crippen molar-refractivity contribution >= 4 is 0 Å². The van der Waals surface area contributed by atoms with Gasteiger partial charge in [-0.15, -0.1) is 0 Å². The zero-order chi connectivity index (χ0) is 8.65. The van der Waals surface area contributed by atoms with Gasteiger partial charge in [-0.05, 0) is 6.92 Å². The highest BCUT2D eigenvalue weighted by Gasteiger charge is 2.59. The van der Waals surface area contributed by atoms with Crippen LogP contribution >= 0.6 is 0 Å². The zero-order valence-corrected chi connectivity index (χ0v) is 6.43. The second-order valence-corrected chi connectivity index (χ2v) is 2.92. The van der Waals surface area contributed by atoms with Gasteiger partial charge in [-0.1, -0.05) is 5.22 Å². The molecule has 0 saturated heterocycles. The van der Waals surface area contributed by atoms with Gasteiger partial charge in [0.15, 0.2) is 0 Å². The summed E-state index contributed by atoms with van der Waals surface area (Å²) in [6.07, 6.45) is -0.675. The molecule has 0 aliphatic heterocycles. The minimum atomic E-state index is -0.709. The van der Waals surface area contributed by atoms with Crippen molar-refractivity contribution in [2.75, 3.05) is 7.05 Å². The average molecular weight is 159 g/mol. The van der Waals surface area contributed by atoms with E-state index in [1.165, 1.54) is 7.05 Å². The highest BCUT2D eigenvalue weighted by molar-refractivity contribution is 5.19. The third-order valence-electron chi connectivity index (χ3n) is 1.77. The summed E-state index contributed by atoms with van der Waals surface area (Å²) in [6, 6.07) is -0.432. The molecule has 0 aromatic heterocycles. The van der Waals surface area contributed by atoms with Crippen LogP contribution in [0.1, 0.15) is 6.92 Å². The van der Waals surface area contributed by atoms with Gasteiger partial charge < -0.3 is 21.2 Å². The minimum absolute atomic E-state index is 0.321. The number of hydroxylamine groups is 1. The van der Waals surface area contributed by atoms with Crippen LogP contribution in [0, 0.1) is 5.21 Å². The summed E-state index contributed by atoms with van der Waals surface area (Å²) >= 11 is 0. The molecule has 0 bridgehead atoms. The van der Waals surface area contributed by atoms with E-state index < -0.39 is 17.7 Å². The minimum Gasteiger partial charge on any atom is -0.741 e. The summed E-state index contributed by atoms with van der Waals surface area (Å²) in [4.78, 5) is 0. The summed E-state index contributed by atoms with van der Waals surface area (Å²) in [5.41, 5.74) is 4.81. The van der Waals surface area contributed by atoms with Crippen LogP contribution in [0.2, 0.25) is 0 Å². The van der Waals surface area contributed by atoms with E-state index in [1.54, 1.807) is 6.92 Å². The summed E-state index contributed by atoms with van der Waals surface area (Å²) in [6.45, 7) is 1.66. The molecular weight excluding hydrogens is 148 g/mol. The molecule has 6 nitrogen and oxygen atoms in total. The van der Waals surface area contributed by atoms with Gasteiger partial charge in [-0.25, -0.2) is 0 Å². The van der Waals surface area contributed by atoms with E-state index in [1.807, 2.05) is 0 Å². The number of nitrogens with two attached hydrogens (primary N) is 1. The van der Waals surface area contributed by atoms with Crippen LogP contribution in [0.5, 0.6) is 0 Å². The molecule has 3 N–H and O–H groups in total. The lowest BCUT2D eigenvalue weighted by molar-refractivity contribution is 0.248. The van der Waals surface area contributed by atoms with Crippen molar-refractivity contribution in [3.05, 3.63) is 5.21 Å². The first kappa shape index (κ1) is 8.38. The fourth-order valence-corrected chi connectivity index (χ4v) is 0.802. The van der Waals surface area contributed by atoms with E-state index in [9.17, 15) is 5.21 Å². The molecule has 0 aromatic carbocycles. The van der Waals surface area contributed by atoms with E-state index in [0.717, 1.165) is 0 Å². The van der Waals surface area contributed by atoms with Crippen molar-refractivity contribution in [2.24, 2.45) is 16.1 Å². The molecular formula is C5H11N4O2-. The van der Waals surface area contributed by atoms with Crippen LogP contribution < -0.4 is 5.73 Å². The molecule has 1 aliphatic rings. The molecule has 64 valence electrons. The first-order valence-corrected chi connectivity index (χ1v) is 3.25. The molecule has 1 fully saturated rings. The second kappa shape index (κ2) is 2.40. The Kier molecular flexibility index (Phi) is 1.83.